The molecule has 0 amide bonds. The van der Waals surface area contributed by atoms with Gasteiger partial charge < -0.3 is 10.5 Å². The molecule has 0 saturated carbocycles. The molecule has 1 aromatic carbocycles. The number of hydrogen-bond acceptors (Lipinski definition) is 2. The first kappa shape index (κ1) is 15.3. The highest BCUT2D eigenvalue weighted by atomic mass is 35.5. The van der Waals surface area contributed by atoms with Gasteiger partial charge in [-0.05, 0) is 11.6 Å². The number of halogens is 5. The first-order valence-electron chi connectivity index (χ1n) is 4.11. The van der Waals surface area contributed by atoms with Crippen molar-refractivity contribution in [1.29, 1.82) is 0 Å². The SMILES string of the molecule is Cl.NCc1cccc(OCC(F)(F)F)c1Cl. The van der Waals surface area contributed by atoms with Gasteiger partial charge in [0.25, 0.3) is 0 Å². The second-order valence-electron chi connectivity index (χ2n) is 2.84. The first-order valence-corrected chi connectivity index (χ1v) is 4.49. The van der Waals surface area contributed by atoms with Crippen LogP contribution in [0.3, 0.4) is 0 Å². The molecule has 0 radical (unpaired) electrons. The minimum Gasteiger partial charge on any atom is -0.483 e. The van der Waals surface area contributed by atoms with Crippen molar-refractivity contribution < 1.29 is 17.9 Å². The van der Waals surface area contributed by atoms with Crippen LogP contribution in [0.4, 0.5) is 13.2 Å². The predicted octanol–water partition coefficient (Wildman–Crippen LogP) is 3.16. The Hall–Kier alpha value is -0.650. The fourth-order valence-corrected chi connectivity index (χ4v) is 1.24. The number of alkyl halides is 3. The van der Waals surface area contributed by atoms with E-state index < -0.39 is 12.8 Å². The summed E-state index contributed by atoms with van der Waals surface area (Å²) in [4.78, 5) is 0. The molecule has 0 saturated heterocycles. The molecular weight excluding hydrogens is 266 g/mol. The van der Waals surface area contributed by atoms with Gasteiger partial charge >= 0.3 is 6.18 Å². The quantitative estimate of drug-likeness (QED) is 0.920. The lowest BCUT2D eigenvalue weighted by Gasteiger charge is -2.11. The maximum atomic E-state index is 11.9. The highest BCUT2D eigenvalue weighted by Crippen LogP contribution is 2.29. The monoisotopic (exact) mass is 275 g/mol. The molecule has 0 fully saturated rings. The standard InChI is InChI=1S/C9H9ClF3NO.ClH/c10-8-6(4-14)2-1-3-7(8)15-5-9(11,12)13;/h1-3H,4-5,14H2;1H. The van der Waals surface area contributed by atoms with Crippen molar-refractivity contribution >= 4 is 24.0 Å². The Morgan fingerprint density at radius 2 is 1.94 bits per heavy atom. The Morgan fingerprint density at radius 1 is 1.31 bits per heavy atom. The minimum absolute atomic E-state index is 0. The van der Waals surface area contributed by atoms with Gasteiger partial charge in [-0.25, -0.2) is 0 Å². The van der Waals surface area contributed by atoms with E-state index in [0.29, 0.717) is 5.56 Å². The van der Waals surface area contributed by atoms with Crippen molar-refractivity contribution in [3.8, 4) is 5.75 Å². The third-order valence-corrected chi connectivity index (χ3v) is 2.08. The van der Waals surface area contributed by atoms with Gasteiger partial charge in [0.05, 0.1) is 5.02 Å². The molecule has 0 bridgehead atoms. The highest BCUT2D eigenvalue weighted by Gasteiger charge is 2.28. The largest absolute Gasteiger partial charge is 0.483 e. The van der Waals surface area contributed by atoms with E-state index in [1.54, 1.807) is 12.1 Å². The number of rotatable bonds is 3. The Labute approximate surface area is 102 Å². The van der Waals surface area contributed by atoms with Crippen molar-refractivity contribution in [3.63, 3.8) is 0 Å². The van der Waals surface area contributed by atoms with Crippen LogP contribution in [0.15, 0.2) is 18.2 Å². The molecule has 92 valence electrons. The Morgan fingerprint density at radius 3 is 2.44 bits per heavy atom. The molecule has 0 atom stereocenters. The molecule has 0 heterocycles. The van der Waals surface area contributed by atoms with Gasteiger partial charge in [0.2, 0.25) is 0 Å². The maximum Gasteiger partial charge on any atom is 0.422 e. The molecule has 7 heteroatoms. The van der Waals surface area contributed by atoms with Gasteiger partial charge in [-0.2, -0.15) is 13.2 Å². The predicted molar refractivity (Wildman–Crippen MR) is 58.1 cm³/mol. The number of benzene rings is 1. The lowest BCUT2D eigenvalue weighted by atomic mass is 10.2. The van der Waals surface area contributed by atoms with Crippen molar-refractivity contribution in [2.45, 2.75) is 12.7 Å². The van der Waals surface area contributed by atoms with E-state index in [1.807, 2.05) is 0 Å². The van der Waals surface area contributed by atoms with Crippen LogP contribution in [-0.2, 0) is 6.54 Å². The van der Waals surface area contributed by atoms with Gasteiger partial charge in [0, 0.05) is 6.54 Å². The Balaban J connectivity index is 0.00000225. The van der Waals surface area contributed by atoms with Crippen molar-refractivity contribution in [2.24, 2.45) is 5.73 Å². The van der Waals surface area contributed by atoms with Crippen LogP contribution >= 0.6 is 24.0 Å². The van der Waals surface area contributed by atoms with Crippen LogP contribution in [0.25, 0.3) is 0 Å². The van der Waals surface area contributed by atoms with E-state index in [2.05, 4.69) is 4.74 Å². The molecule has 0 aliphatic rings. The molecule has 1 aromatic rings. The van der Waals surface area contributed by atoms with E-state index in [-0.39, 0.29) is 29.7 Å². The fraction of sp³-hybridized carbons (Fsp3) is 0.333. The van der Waals surface area contributed by atoms with Crippen molar-refractivity contribution in [3.05, 3.63) is 28.8 Å². The third-order valence-electron chi connectivity index (χ3n) is 1.65. The molecule has 0 unspecified atom stereocenters. The summed E-state index contributed by atoms with van der Waals surface area (Å²) in [5.41, 5.74) is 5.89. The van der Waals surface area contributed by atoms with Crippen LogP contribution in [0.2, 0.25) is 5.02 Å². The molecule has 1 rings (SSSR count). The zero-order chi connectivity index (χ0) is 11.5. The minimum atomic E-state index is -4.37. The summed E-state index contributed by atoms with van der Waals surface area (Å²) in [5, 5.41) is 0.129. The summed E-state index contributed by atoms with van der Waals surface area (Å²) in [6.45, 7) is -1.21. The van der Waals surface area contributed by atoms with Crippen LogP contribution < -0.4 is 10.5 Å². The van der Waals surface area contributed by atoms with E-state index in [0.717, 1.165) is 0 Å². The van der Waals surface area contributed by atoms with Crippen LogP contribution in [-0.4, -0.2) is 12.8 Å². The lowest BCUT2D eigenvalue weighted by molar-refractivity contribution is -0.153. The number of nitrogens with two attached hydrogens (primary N) is 1. The third kappa shape index (κ3) is 4.47. The Kier molecular flexibility index (Phi) is 5.92. The van der Waals surface area contributed by atoms with Gasteiger partial charge in [-0.1, -0.05) is 23.7 Å². The lowest BCUT2D eigenvalue weighted by Crippen LogP contribution is -2.19. The normalized spacial score (nSPS) is 10.8. The second-order valence-corrected chi connectivity index (χ2v) is 3.22. The van der Waals surface area contributed by atoms with Gasteiger partial charge in [-0.3, -0.25) is 0 Å². The van der Waals surface area contributed by atoms with Crippen LogP contribution in [0.5, 0.6) is 5.75 Å². The first-order chi connectivity index (χ1) is 6.94. The average molecular weight is 276 g/mol. The van der Waals surface area contributed by atoms with E-state index in [1.165, 1.54) is 6.07 Å². The second kappa shape index (κ2) is 6.18. The van der Waals surface area contributed by atoms with Crippen molar-refractivity contribution in [1.82, 2.24) is 0 Å². The van der Waals surface area contributed by atoms with E-state index >= 15 is 0 Å². The fourth-order valence-electron chi connectivity index (χ4n) is 0.985. The van der Waals surface area contributed by atoms with Gasteiger partial charge in [0.1, 0.15) is 5.75 Å². The number of ether oxygens (including phenoxy) is 1. The summed E-state index contributed by atoms with van der Waals surface area (Å²) >= 11 is 5.77. The smallest absolute Gasteiger partial charge is 0.422 e. The molecule has 0 aromatic heterocycles. The molecule has 0 spiro atoms. The molecule has 0 aliphatic carbocycles. The van der Waals surface area contributed by atoms with E-state index in [9.17, 15) is 13.2 Å². The van der Waals surface area contributed by atoms with Gasteiger partial charge in [-0.15, -0.1) is 12.4 Å². The molecule has 2 nitrogen and oxygen atoms in total. The molecular formula is C9H10Cl2F3NO. The summed E-state index contributed by atoms with van der Waals surface area (Å²) < 4.78 is 40.1. The summed E-state index contributed by atoms with van der Waals surface area (Å²) in [5.74, 6) is -0.00283. The molecule has 0 aliphatic heterocycles. The molecule has 2 N–H and O–H groups in total. The molecule has 16 heavy (non-hydrogen) atoms. The highest BCUT2D eigenvalue weighted by molar-refractivity contribution is 6.32. The summed E-state index contributed by atoms with van der Waals surface area (Å²) in [7, 11) is 0. The maximum absolute atomic E-state index is 11.9. The van der Waals surface area contributed by atoms with Crippen LogP contribution in [0.1, 0.15) is 5.56 Å². The number of hydrogen-bond donors (Lipinski definition) is 1. The summed E-state index contributed by atoms with van der Waals surface area (Å²) in [6.07, 6.45) is -4.37. The van der Waals surface area contributed by atoms with E-state index in [4.69, 9.17) is 17.3 Å². The van der Waals surface area contributed by atoms with Crippen molar-refractivity contribution in [2.75, 3.05) is 6.61 Å². The van der Waals surface area contributed by atoms with Crippen LogP contribution in [0, 0.1) is 0 Å². The van der Waals surface area contributed by atoms with Gasteiger partial charge in [0.15, 0.2) is 6.61 Å². The average Bonchev–Trinajstić information content (AvgIpc) is 2.15. The topological polar surface area (TPSA) is 35.2 Å². The zero-order valence-electron chi connectivity index (χ0n) is 8.05. The zero-order valence-corrected chi connectivity index (χ0v) is 9.62. The summed E-state index contributed by atoms with van der Waals surface area (Å²) in [6, 6.07) is 4.54. The Bertz CT molecular complexity index is 344.